The highest BCUT2D eigenvalue weighted by Crippen LogP contribution is 2.26. The molecule has 0 saturated carbocycles. The summed E-state index contributed by atoms with van der Waals surface area (Å²) in [6, 6.07) is 6.23. The molecule has 2 N–H and O–H groups in total. The quantitative estimate of drug-likeness (QED) is 0.822. The van der Waals surface area contributed by atoms with Crippen LogP contribution in [-0.2, 0) is 19.9 Å². The lowest BCUT2D eigenvalue weighted by Gasteiger charge is -2.06. The smallest absolute Gasteiger partial charge is 0.0700 e. The molecule has 2 aromatic rings. The second-order valence-electron chi connectivity index (χ2n) is 4.28. The number of hydrogen-bond donors (Lipinski definition) is 1. The van der Waals surface area contributed by atoms with Gasteiger partial charge in [0.05, 0.1) is 5.69 Å². The Morgan fingerprint density at radius 2 is 2.00 bits per heavy atom. The Morgan fingerprint density at radius 3 is 2.65 bits per heavy atom. The van der Waals surface area contributed by atoms with Crippen molar-refractivity contribution in [2.75, 3.05) is 5.73 Å². The van der Waals surface area contributed by atoms with Crippen molar-refractivity contribution in [3.05, 3.63) is 35.7 Å². The normalized spacial score (nSPS) is 10.8. The fraction of sp³-hybridized carbons (Fsp3) is 0.357. The van der Waals surface area contributed by atoms with Crippen LogP contribution in [0, 0.1) is 0 Å². The van der Waals surface area contributed by atoms with Gasteiger partial charge in [-0.3, -0.25) is 4.68 Å². The molecule has 0 unspecified atom stereocenters. The molecule has 17 heavy (non-hydrogen) atoms. The second-order valence-corrected chi connectivity index (χ2v) is 4.28. The molecule has 0 spiro atoms. The van der Waals surface area contributed by atoms with E-state index in [0.29, 0.717) is 0 Å². The Hall–Kier alpha value is -1.77. The average molecular weight is 229 g/mol. The van der Waals surface area contributed by atoms with E-state index < -0.39 is 0 Å². The summed E-state index contributed by atoms with van der Waals surface area (Å²) in [6.07, 6.45) is 3.98. The molecule has 0 fully saturated rings. The topological polar surface area (TPSA) is 43.8 Å². The van der Waals surface area contributed by atoms with E-state index in [2.05, 4.69) is 37.3 Å². The van der Waals surface area contributed by atoms with Gasteiger partial charge in [-0.25, -0.2) is 0 Å². The molecule has 0 aliphatic heterocycles. The van der Waals surface area contributed by atoms with Crippen molar-refractivity contribution < 1.29 is 0 Å². The van der Waals surface area contributed by atoms with Crippen molar-refractivity contribution in [1.29, 1.82) is 0 Å². The fourth-order valence-corrected chi connectivity index (χ4v) is 2.12. The van der Waals surface area contributed by atoms with Crippen LogP contribution in [0.15, 0.2) is 24.4 Å². The van der Waals surface area contributed by atoms with E-state index in [1.807, 2.05) is 17.8 Å². The summed E-state index contributed by atoms with van der Waals surface area (Å²) in [7, 11) is 1.96. The maximum atomic E-state index is 5.93. The Kier molecular flexibility index (Phi) is 3.18. The zero-order valence-electron chi connectivity index (χ0n) is 10.7. The zero-order valence-corrected chi connectivity index (χ0v) is 10.7. The van der Waals surface area contributed by atoms with Gasteiger partial charge in [-0.15, -0.1) is 0 Å². The lowest BCUT2D eigenvalue weighted by atomic mass is 10.0. The Bertz CT molecular complexity index is 526. The molecule has 0 saturated heterocycles. The van der Waals surface area contributed by atoms with Crippen molar-refractivity contribution in [3.63, 3.8) is 0 Å². The molecule has 3 heteroatoms. The van der Waals surface area contributed by atoms with Gasteiger partial charge in [0, 0.05) is 24.5 Å². The summed E-state index contributed by atoms with van der Waals surface area (Å²) in [6.45, 7) is 4.25. The first-order valence-corrected chi connectivity index (χ1v) is 6.07. The number of nitrogens with zero attached hydrogens (tertiary/aromatic N) is 2. The maximum absolute atomic E-state index is 5.93. The van der Waals surface area contributed by atoms with Gasteiger partial charge in [0.15, 0.2) is 0 Å². The minimum Gasteiger partial charge on any atom is -0.399 e. The highest BCUT2D eigenvalue weighted by atomic mass is 15.2. The minimum absolute atomic E-state index is 0.873. The van der Waals surface area contributed by atoms with Gasteiger partial charge in [-0.1, -0.05) is 19.9 Å². The molecule has 1 aromatic carbocycles. The molecule has 0 aliphatic rings. The maximum Gasteiger partial charge on any atom is 0.0700 e. The summed E-state index contributed by atoms with van der Waals surface area (Å²) >= 11 is 0. The van der Waals surface area contributed by atoms with E-state index in [1.165, 1.54) is 16.7 Å². The van der Waals surface area contributed by atoms with Crippen LogP contribution in [0.3, 0.4) is 0 Å². The third-order valence-electron chi connectivity index (χ3n) is 3.08. The molecule has 3 nitrogen and oxygen atoms in total. The summed E-state index contributed by atoms with van der Waals surface area (Å²) in [4.78, 5) is 0. The molecule has 1 heterocycles. The SMILES string of the molecule is CCc1cc(-c2cn(C)nc2CC)ccc1N. The van der Waals surface area contributed by atoms with Crippen molar-refractivity contribution in [2.24, 2.45) is 7.05 Å². The minimum atomic E-state index is 0.873. The Labute approximate surface area is 102 Å². The number of nitrogen functional groups attached to an aromatic ring is 1. The Morgan fingerprint density at radius 1 is 1.24 bits per heavy atom. The number of hydrogen-bond acceptors (Lipinski definition) is 2. The highest BCUT2D eigenvalue weighted by Gasteiger charge is 2.09. The fourth-order valence-electron chi connectivity index (χ4n) is 2.12. The standard InChI is InChI=1S/C14H19N3/c1-4-10-8-11(6-7-13(10)15)12-9-17(3)16-14(12)5-2/h6-9H,4-5,15H2,1-3H3. The largest absolute Gasteiger partial charge is 0.399 e. The van der Waals surface area contributed by atoms with E-state index in [-0.39, 0.29) is 0 Å². The monoisotopic (exact) mass is 229 g/mol. The van der Waals surface area contributed by atoms with Gasteiger partial charge in [-0.05, 0) is 36.1 Å². The van der Waals surface area contributed by atoms with Crippen LogP contribution < -0.4 is 5.73 Å². The number of anilines is 1. The molecule has 0 radical (unpaired) electrons. The third kappa shape index (κ3) is 2.18. The lowest BCUT2D eigenvalue weighted by Crippen LogP contribution is -1.93. The molecular formula is C14H19N3. The molecule has 2 rings (SSSR count). The zero-order chi connectivity index (χ0) is 12.4. The number of benzene rings is 1. The van der Waals surface area contributed by atoms with Gasteiger partial charge in [-0.2, -0.15) is 5.10 Å². The lowest BCUT2D eigenvalue weighted by molar-refractivity contribution is 0.746. The van der Waals surface area contributed by atoms with E-state index in [9.17, 15) is 0 Å². The van der Waals surface area contributed by atoms with Gasteiger partial charge in [0.25, 0.3) is 0 Å². The van der Waals surface area contributed by atoms with Gasteiger partial charge >= 0.3 is 0 Å². The molecule has 0 bridgehead atoms. The van der Waals surface area contributed by atoms with Gasteiger partial charge < -0.3 is 5.73 Å². The highest BCUT2D eigenvalue weighted by molar-refractivity contribution is 5.69. The predicted octanol–water partition coefficient (Wildman–Crippen LogP) is 2.79. The van der Waals surface area contributed by atoms with Crippen molar-refractivity contribution in [2.45, 2.75) is 26.7 Å². The molecule has 90 valence electrons. The van der Waals surface area contributed by atoms with E-state index >= 15 is 0 Å². The molecular weight excluding hydrogens is 210 g/mol. The summed E-state index contributed by atoms with van der Waals surface area (Å²) in [5.41, 5.74) is 11.6. The second kappa shape index (κ2) is 4.62. The van der Waals surface area contributed by atoms with Crippen LogP contribution in [0.25, 0.3) is 11.1 Å². The molecule has 0 amide bonds. The van der Waals surface area contributed by atoms with Crippen LogP contribution in [0.2, 0.25) is 0 Å². The van der Waals surface area contributed by atoms with Crippen LogP contribution >= 0.6 is 0 Å². The van der Waals surface area contributed by atoms with E-state index in [4.69, 9.17) is 5.73 Å². The van der Waals surface area contributed by atoms with Crippen molar-refractivity contribution in [3.8, 4) is 11.1 Å². The summed E-state index contributed by atoms with van der Waals surface area (Å²) in [5.74, 6) is 0. The summed E-state index contributed by atoms with van der Waals surface area (Å²) < 4.78 is 1.87. The summed E-state index contributed by atoms with van der Waals surface area (Å²) in [5, 5.41) is 4.47. The van der Waals surface area contributed by atoms with Crippen LogP contribution in [-0.4, -0.2) is 9.78 Å². The van der Waals surface area contributed by atoms with Crippen molar-refractivity contribution >= 4 is 5.69 Å². The number of nitrogens with two attached hydrogens (primary N) is 1. The van der Waals surface area contributed by atoms with Crippen LogP contribution in [0.4, 0.5) is 5.69 Å². The molecule has 0 atom stereocenters. The van der Waals surface area contributed by atoms with E-state index in [0.717, 1.165) is 24.2 Å². The first-order valence-electron chi connectivity index (χ1n) is 6.07. The molecule has 1 aromatic heterocycles. The molecule has 0 aliphatic carbocycles. The first kappa shape index (κ1) is 11.7. The van der Waals surface area contributed by atoms with Gasteiger partial charge in [0.2, 0.25) is 0 Å². The predicted molar refractivity (Wildman–Crippen MR) is 71.8 cm³/mol. The first-order chi connectivity index (χ1) is 8.15. The number of rotatable bonds is 3. The van der Waals surface area contributed by atoms with Gasteiger partial charge in [0.1, 0.15) is 0 Å². The van der Waals surface area contributed by atoms with Crippen LogP contribution in [0.1, 0.15) is 25.1 Å². The van der Waals surface area contributed by atoms with E-state index in [1.54, 1.807) is 0 Å². The Balaban J connectivity index is 2.52. The number of aromatic nitrogens is 2. The van der Waals surface area contributed by atoms with Crippen molar-refractivity contribution in [1.82, 2.24) is 9.78 Å². The third-order valence-corrected chi connectivity index (χ3v) is 3.08. The number of aryl methyl sites for hydroxylation is 3. The average Bonchev–Trinajstić information content (AvgIpc) is 2.71. The van der Waals surface area contributed by atoms with Crippen LogP contribution in [0.5, 0.6) is 0 Å².